The smallest absolute Gasteiger partial charge is 0.343 e. The zero-order valence-electron chi connectivity index (χ0n) is 16.9. The van der Waals surface area contributed by atoms with E-state index in [1.807, 2.05) is 43.3 Å². The van der Waals surface area contributed by atoms with Gasteiger partial charge in [-0.1, -0.05) is 34.1 Å². The Morgan fingerprint density at radius 1 is 1.10 bits per heavy atom. The molecule has 3 aromatic carbocycles. The number of benzene rings is 3. The van der Waals surface area contributed by atoms with Gasteiger partial charge in [-0.25, -0.2) is 4.79 Å². The lowest BCUT2D eigenvalue weighted by Crippen LogP contribution is -2.23. The van der Waals surface area contributed by atoms with E-state index >= 15 is 0 Å². The van der Waals surface area contributed by atoms with Crippen LogP contribution >= 0.6 is 28.1 Å². The Kier molecular flexibility index (Phi) is 7.75. The van der Waals surface area contributed by atoms with Gasteiger partial charge in [0.05, 0.1) is 18.9 Å². The Labute approximate surface area is 194 Å². The summed E-state index contributed by atoms with van der Waals surface area (Å²) in [6.07, 6.45) is 1.53. The highest BCUT2D eigenvalue weighted by Crippen LogP contribution is 2.23. The van der Waals surface area contributed by atoms with Crippen molar-refractivity contribution in [2.45, 2.75) is 6.92 Å². The molecule has 0 fully saturated rings. The number of anilines is 1. The van der Waals surface area contributed by atoms with E-state index in [9.17, 15) is 4.79 Å². The molecular weight excluding hydrogens is 478 g/mol. The predicted molar refractivity (Wildman–Crippen MR) is 130 cm³/mol. The van der Waals surface area contributed by atoms with Crippen molar-refractivity contribution >= 4 is 51.1 Å². The van der Waals surface area contributed by atoms with E-state index < -0.39 is 5.97 Å². The van der Waals surface area contributed by atoms with Crippen molar-refractivity contribution in [1.29, 1.82) is 0 Å². The van der Waals surface area contributed by atoms with Crippen LogP contribution in [0, 0.1) is 6.92 Å². The van der Waals surface area contributed by atoms with Gasteiger partial charge in [-0.05, 0) is 73.2 Å². The fraction of sp³-hybridized carbons (Fsp3) is 0.0870. The van der Waals surface area contributed by atoms with Gasteiger partial charge in [0.15, 0.2) is 5.11 Å². The first kappa shape index (κ1) is 22.5. The van der Waals surface area contributed by atoms with Gasteiger partial charge in [0, 0.05) is 15.7 Å². The number of aryl methyl sites for hydroxylation is 1. The van der Waals surface area contributed by atoms with E-state index in [-0.39, 0.29) is 0 Å². The molecule has 2 N–H and O–H groups in total. The quantitative estimate of drug-likeness (QED) is 0.158. The van der Waals surface area contributed by atoms with Crippen LogP contribution in [0.5, 0.6) is 11.5 Å². The van der Waals surface area contributed by atoms with Gasteiger partial charge in [0.2, 0.25) is 0 Å². The lowest BCUT2D eigenvalue weighted by Gasteiger charge is -2.10. The van der Waals surface area contributed by atoms with Gasteiger partial charge in [-0.2, -0.15) is 5.10 Å². The summed E-state index contributed by atoms with van der Waals surface area (Å²) in [4.78, 5) is 12.6. The number of hydrazone groups is 1. The van der Waals surface area contributed by atoms with E-state index in [0.29, 0.717) is 22.0 Å². The number of ether oxygens (including phenoxy) is 2. The summed E-state index contributed by atoms with van der Waals surface area (Å²) >= 11 is 8.68. The number of nitrogens with one attached hydrogen (secondary N) is 2. The van der Waals surface area contributed by atoms with E-state index in [0.717, 1.165) is 21.5 Å². The summed E-state index contributed by atoms with van der Waals surface area (Å²) in [6.45, 7) is 1.86. The van der Waals surface area contributed by atoms with Crippen molar-refractivity contribution in [3.63, 3.8) is 0 Å². The Morgan fingerprint density at radius 3 is 2.55 bits per heavy atom. The molecule has 158 valence electrons. The summed E-state index contributed by atoms with van der Waals surface area (Å²) in [5, 5.41) is 7.49. The Bertz CT molecular complexity index is 1120. The van der Waals surface area contributed by atoms with Crippen LogP contribution in [0.25, 0.3) is 0 Å². The molecule has 6 nitrogen and oxygen atoms in total. The molecule has 0 aromatic heterocycles. The molecule has 0 unspecified atom stereocenters. The number of rotatable bonds is 6. The first-order chi connectivity index (χ1) is 15.0. The number of halogens is 1. The number of methoxy groups -OCH3 is 1. The SMILES string of the molecule is COc1ccc(NC(=S)NN=Cc2cc(Br)ccc2OC(=O)c2ccccc2C)cc1. The van der Waals surface area contributed by atoms with Gasteiger partial charge in [0.25, 0.3) is 0 Å². The highest BCUT2D eigenvalue weighted by atomic mass is 79.9. The van der Waals surface area contributed by atoms with E-state index in [1.54, 1.807) is 37.4 Å². The van der Waals surface area contributed by atoms with Crippen LogP contribution in [-0.2, 0) is 0 Å². The Balaban J connectivity index is 1.67. The van der Waals surface area contributed by atoms with Crippen molar-refractivity contribution in [2.24, 2.45) is 5.10 Å². The fourth-order valence-electron chi connectivity index (χ4n) is 2.66. The van der Waals surface area contributed by atoms with Crippen molar-refractivity contribution in [3.8, 4) is 11.5 Å². The van der Waals surface area contributed by atoms with Crippen LogP contribution in [0.3, 0.4) is 0 Å². The molecule has 0 heterocycles. The monoisotopic (exact) mass is 497 g/mol. The third-order valence-corrected chi connectivity index (χ3v) is 4.94. The molecular formula is C23H20BrN3O3S. The summed E-state index contributed by atoms with van der Waals surface area (Å²) in [5.74, 6) is 0.709. The minimum Gasteiger partial charge on any atom is -0.497 e. The second-order valence-corrected chi connectivity index (χ2v) is 7.76. The molecule has 0 amide bonds. The Morgan fingerprint density at radius 2 is 1.84 bits per heavy atom. The molecule has 0 spiro atoms. The molecule has 8 heteroatoms. The number of esters is 1. The highest BCUT2D eigenvalue weighted by Gasteiger charge is 2.13. The average Bonchev–Trinajstić information content (AvgIpc) is 2.76. The van der Waals surface area contributed by atoms with Crippen molar-refractivity contribution in [2.75, 3.05) is 12.4 Å². The van der Waals surface area contributed by atoms with Gasteiger partial charge in [0.1, 0.15) is 11.5 Å². The zero-order valence-corrected chi connectivity index (χ0v) is 19.3. The molecule has 0 aliphatic heterocycles. The standard InChI is InChI=1S/C23H20BrN3O3S/c1-15-5-3-4-6-20(15)22(28)30-21-12-7-17(24)13-16(21)14-25-27-23(31)26-18-8-10-19(29-2)11-9-18/h3-14H,1-2H3,(H2,26,27,31). The summed E-state index contributed by atoms with van der Waals surface area (Å²) in [7, 11) is 1.61. The molecule has 0 atom stereocenters. The lowest BCUT2D eigenvalue weighted by molar-refractivity contribution is 0.0733. The van der Waals surface area contributed by atoms with Crippen LogP contribution in [0.15, 0.2) is 76.3 Å². The topological polar surface area (TPSA) is 71.9 Å². The molecule has 31 heavy (non-hydrogen) atoms. The minimum absolute atomic E-state index is 0.315. The molecule has 0 saturated carbocycles. The number of carbonyl (C=O) groups is 1. The molecule has 0 saturated heterocycles. The molecule has 0 bridgehead atoms. The van der Waals surface area contributed by atoms with Gasteiger partial charge in [-0.15, -0.1) is 0 Å². The van der Waals surface area contributed by atoms with Crippen molar-refractivity contribution in [1.82, 2.24) is 5.43 Å². The van der Waals surface area contributed by atoms with Gasteiger partial charge < -0.3 is 14.8 Å². The second-order valence-electron chi connectivity index (χ2n) is 6.44. The maximum Gasteiger partial charge on any atom is 0.343 e. The van der Waals surface area contributed by atoms with Crippen LogP contribution < -0.4 is 20.2 Å². The maximum absolute atomic E-state index is 12.6. The van der Waals surface area contributed by atoms with Gasteiger partial charge >= 0.3 is 5.97 Å². The van der Waals surface area contributed by atoms with Crippen molar-refractivity contribution in [3.05, 3.63) is 87.9 Å². The number of thiocarbonyl (C=S) groups is 1. The predicted octanol–water partition coefficient (Wildman–Crippen LogP) is 5.31. The largest absolute Gasteiger partial charge is 0.497 e. The molecule has 0 aliphatic rings. The average molecular weight is 498 g/mol. The molecule has 3 rings (SSSR count). The molecule has 0 aliphatic carbocycles. The minimum atomic E-state index is -0.431. The summed E-state index contributed by atoms with van der Waals surface area (Å²) < 4.78 is 11.6. The molecule has 0 radical (unpaired) electrons. The Hall–Kier alpha value is -3.23. The van der Waals surface area contributed by atoms with E-state index in [1.165, 1.54) is 6.21 Å². The molecule has 3 aromatic rings. The van der Waals surface area contributed by atoms with Crippen LogP contribution in [0.1, 0.15) is 21.5 Å². The summed E-state index contributed by atoms with van der Waals surface area (Å²) in [5.41, 5.74) is 5.51. The highest BCUT2D eigenvalue weighted by molar-refractivity contribution is 9.10. The number of carbonyl (C=O) groups excluding carboxylic acids is 1. The lowest BCUT2D eigenvalue weighted by atomic mass is 10.1. The maximum atomic E-state index is 12.6. The van der Waals surface area contributed by atoms with Crippen LogP contribution in [-0.4, -0.2) is 24.4 Å². The number of hydrogen-bond donors (Lipinski definition) is 2. The first-order valence-electron chi connectivity index (χ1n) is 9.28. The normalized spacial score (nSPS) is 10.5. The van der Waals surface area contributed by atoms with Gasteiger partial charge in [-0.3, -0.25) is 5.43 Å². The number of nitrogens with zero attached hydrogens (tertiary/aromatic N) is 1. The van der Waals surface area contributed by atoms with Crippen LogP contribution in [0.2, 0.25) is 0 Å². The zero-order chi connectivity index (χ0) is 22.2. The third-order valence-electron chi connectivity index (χ3n) is 4.26. The summed E-state index contributed by atoms with van der Waals surface area (Å²) in [6, 6.07) is 19.9. The second kappa shape index (κ2) is 10.7. The van der Waals surface area contributed by atoms with E-state index in [4.69, 9.17) is 21.7 Å². The van der Waals surface area contributed by atoms with Crippen LogP contribution in [0.4, 0.5) is 5.69 Å². The van der Waals surface area contributed by atoms with E-state index in [2.05, 4.69) is 31.8 Å². The first-order valence-corrected chi connectivity index (χ1v) is 10.5. The number of hydrogen-bond acceptors (Lipinski definition) is 5. The fourth-order valence-corrected chi connectivity index (χ4v) is 3.21. The third kappa shape index (κ3) is 6.37. The van der Waals surface area contributed by atoms with Crippen molar-refractivity contribution < 1.29 is 14.3 Å².